The fraction of sp³-hybridized carbons (Fsp3) is 0.583. The van der Waals surface area contributed by atoms with Crippen molar-refractivity contribution >= 4 is 11.9 Å². The molecule has 0 aliphatic heterocycles. The van der Waals surface area contributed by atoms with Crippen molar-refractivity contribution in [2.24, 2.45) is 0 Å². The van der Waals surface area contributed by atoms with Crippen molar-refractivity contribution in [3.8, 4) is 0 Å². The van der Waals surface area contributed by atoms with Crippen LogP contribution in [0.2, 0.25) is 0 Å². The van der Waals surface area contributed by atoms with Crippen LogP contribution in [0.5, 0.6) is 0 Å². The summed E-state index contributed by atoms with van der Waals surface area (Å²) in [6.45, 7) is 4.49. The van der Waals surface area contributed by atoms with Crippen LogP contribution in [0.25, 0.3) is 0 Å². The summed E-state index contributed by atoms with van der Waals surface area (Å²) in [6, 6.07) is -0.639. The van der Waals surface area contributed by atoms with Crippen LogP contribution in [0.1, 0.15) is 26.0 Å². The molecule has 1 atom stereocenters. The molecule has 0 aliphatic rings. The number of aromatic nitrogens is 2. The Morgan fingerprint density at radius 3 is 2.74 bits per heavy atom. The highest BCUT2D eigenvalue weighted by Crippen LogP contribution is 1.99. The number of amides is 1. The van der Waals surface area contributed by atoms with Crippen LogP contribution in [0.3, 0.4) is 0 Å². The van der Waals surface area contributed by atoms with E-state index in [4.69, 9.17) is 5.11 Å². The molecule has 1 amide bonds. The number of nitrogens with zero attached hydrogens (tertiary/aromatic N) is 1. The molecular formula is C12H20N4O3. The Labute approximate surface area is 111 Å². The number of carboxylic acid groups (broad SMARTS) is 1. The molecule has 7 heteroatoms. The smallest absolute Gasteiger partial charge is 0.326 e. The van der Waals surface area contributed by atoms with Gasteiger partial charge in [0.1, 0.15) is 6.04 Å². The van der Waals surface area contributed by atoms with Crippen LogP contribution >= 0.6 is 0 Å². The van der Waals surface area contributed by atoms with Gasteiger partial charge in [0.15, 0.2) is 0 Å². The second kappa shape index (κ2) is 7.52. The van der Waals surface area contributed by atoms with Gasteiger partial charge in [-0.2, -0.15) is 0 Å². The molecular weight excluding hydrogens is 248 g/mol. The Morgan fingerprint density at radius 2 is 2.21 bits per heavy atom. The van der Waals surface area contributed by atoms with Crippen molar-refractivity contribution in [1.82, 2.24) is 20.6 Å². The van der Waals surface area contributed by atoms with Crippen LogP contribution < -0.4 is 10.6 Å². The minimum absolute atomic E-state index is 0.193. The van der Waals surface area contributed by atoms with Gasteiger partial charge in [-0.1, -0.05) is 13.8 Å². The van der Waals surface area contributed by atoms with Crippen molar-refractivity contribution < 1.29 is 14.7 Å². The summed E-state index contributed by atoms with van der Waals surface area (Å²) in [5, 5.41) is 14.7. The molecule has 1 rings (SSSR count). The summed E-state index contributed by atoms with van der Waals surface area (Å²) < 4.78 is 0. The lowest BCUT2D eigenvalue weighted by molar-refractivity contribution is -0.141. The summed E-state index contributed by atoms with van der Waals surface area (Å²) in [7, 11) is 0. The normalized spacial score (nSPS) is 12.4. The van der Waals surface area contributed by atoms with Crippen LogP contribution in [-0.4, -0.2) is 45.6 Å². The predicted octanol–water partition coefficient (Wildman–Crippen LogP) is -0.0903. The molecule has 0 aliphatic carbocycles. The second-order valence-electron chi connectivity index (χ2n) is 4.60. The van der Waals surface area contributed by atoms with Crippen molar-refractivity contribution in [2.45, 2.75) is 38.8 Å². The average Bonchev–Trinajstić information content (AvgIpc) is 2.80. The highest BCUT2D eigenvalue weighted by Gasteiger charge is 2.20. The average molecular weight is 268 g/mol. The Morgan fingerprint density at radius 1 is 1.47 bits per heavy atom. The lowest BCUT2D eigenvalue weighted by atomic mass is 10.1. The molecule has 7 nitrogen and oxygen atoms in total. The number of aliphatic carboxylic acids is 1. The molecule has 19 heavy (non-hydrogen) atoms. The first-order chi connectivity index (χ1) is 8.99. The second-order valence-corrected chi connectivity index (χ2v) is 4.60. The molecule has 0 fully saturated rings. The summed E-state index contributed by atoms with van der Waals surface area (Å²) in [6.07, 6.45) is 3.47. The summed E-state index contributed by atoms with van der Waals surface area (Å²) in [5.41, 5.74) is 0.674. The number of imidazole rings is 1. The monoisotopic (exact) mass is 268 g/mol. The van der Waals surface area contributed by atoms with E-state index in [1.807, 2.05) is 13.8 Å². The van der Waals surface area contributed by atoms with Gasteiger partial charge in [0, 0.05) is 37.3 Å². The predicted molar refractivity (Wildman–Crippen MR) is 69.6 cm³/mol. The molecule has 106 valence electrons. The highest BCUT2D eigenvalue weighted by molar-refractivity contribution is 5.83. The number of rotatable bonds is 8. The Bertz CT molecular complexity index is 403. The molecule has 0 spiro atoms. The molecule has 0 saturated heterocycles. The Kier molecular flexibility index (Phi) is 6.01. The van der Waals surface area contributed by atoms with E-state index in [1.165, 1.54) is 6.33 Å². The number of aromatic amines is 1. The van der Waals surface area contributed by atoms with Gasteiger partial charge in [0.25, 0.3) is 0 Å². The van der Waals surface area contributed by atoms with Crippen molar-refractivity contribution in [1.29, 1.82) is 0 Å². The zero-order valence-electron chi connectivity index (χ0n) is 11.1. The maximum atomic E-state index is 11.6. The molecule has 1 heterocycles. The summed E-state index contributed by atoms with van der Waals surface area (Å²) >= 11 is 0. The first-order valence-corrected chi connectivity index (χ1v) is 6.22. The van der Waals surface area contributed by atoms with Gasteiger partial charge in [-0.05, 0) is 0 Å². The number of hydrogen-bond acceptors (Lipinski definition) is 4. The van der Waals surface area contributed by atoms with Gasteiger partial charge >= 0.3 is 5.97 Å². The van der Waals surface area contributed by atoms with Gasteiger partial charge in [0.05, 0.1) is 6.33 Å². The first kappa shape index (κ1) is 15.2. The van der Waals surface area contributed by atoms with E-state index in [9.17, 15) is 9.59 Å². The van der Waals surface area contributed by atoms with E-state index in [2.05, 4.69) is 20.6 Å². The maximum Gasteiger partial charge on any atom is 0.326 e. The van der Waals surface area contributed by atoms with Crippen molar-refractivity contribution in [3.63, 3.8) is 0 Å². The quantitative estimate of drug-likeness (QED) is 0.527. The van der Waals surface area contributed by atoms with E-state index in [0.29, 0.717) is 18.3 Å². The number of carbonyl (C=O) groups excluding carboxylic acids is 1. The van der Waals surface area contributed by atoms with E-state index in [0.717, 1.165) is 0 Å². The fourth-order valence-electron chi connectivity index (χ4n) is 1.56. The van der Waals surface area contributed by atoms with Crippen LogP contribution in [-0.2, 0) is 16.0 Å². The molecule has 0 aromatic carbocycles. The topological polar surface area (TPSA) is 107 Å². The summed E-state index contributed by atoms with van der Waals surface area (Å²) in [4.78, 5) is 29.3. The minimum Gasteiger partial charge on any atom is -0.480 e. The number of nitrogens with one attached hydrogen (secondary N) is 3. The van der Waals surface area contributed by atoms with Gasteiger partial charge in [-0.3, -0.25) is 4.79 Å². The number of hydrogen-bond donors (Lipinski definition) is 4. The SMILES string of the molecule is CC(C)NCCC(=O)NC(Cc1cnc[nH]1)C(=O)O. The Hall–Kier alpha value is -1.89. The van der Waals surface area contributed by atoms with E-state index >= 15 is 0 Å². The van der Waals surface area contributed by atoms with E-state index < -0.39 is 12.0 Å². The fourth-order valence-corrected chi connectivity index (χ4v) is 1.56. The molecule has 0 saturated carbocycles. The minimum atomic E-state index is -1.06. The first-order valence-electron chi connectivity index (χ1n) is 6.22. The Balaban J connectivity index is 2.40. The van der Waals surface area contributed by atoms with Gasteiger partial charge < -0.3 is 20.7 Å². The number of carboxylic acids is 1. The van der Waals surface area contributed by atoms with Gasteiger partial charge in [0.2, 0.25) is 5.91 Å². The third kappa shape index (κ3) is 6.01. The molecule has 0 bridgehead atoms. The number of H-pyrrole nitrogens is 1. The van der Waals surface area contributed by atoms with Crippen molar-refractivity contribution in [3.05, 3.63) is 18.2 Å². The third-order valence-electron chi connectivity index (χ3n) is 2.52. The van der Waals surface area contributed by atoms with Crippen LogP contribution in [0, 0.1) is 0 Å². The van der Waals surface area contributed by atoms with Crippen LogP contribution in [0.4, 0.5) is 0 Å². The third-order valence-corrected chi connectivity index (χ3v) is 2.52. The van der Waals surface area contributed by atoms with E-state index in [1.54, 1.807) is 6.20 Å². The molecule has 4 N–H and O–H groups in total. The summed E-state index contributed by atoms with van der Waals surface area (Å²) in [5.74, 6) is -1.33. The van der Waals surface area contributed by atoms with Gasteiger partial charge in [-0.15, -0.1) is 0 Å². The van der Waals surface area contributed by atoms with Crippen molar-refractivity contribution in [2.75, 3.05) is 6.54 Å². The van der Waals surface area contributed by atoms with Crippen LogP contribution in [0.15, 0.2) is 12.5 Å². The van der Waals surface area contributed by atoms with Gasteiger partial charge in [-0.25, -0.2) is 9.78 Å². The van der Waals surface area contributed by atoms with E-state index in [-0.39, 0.29) is 18.7 Å². The molecule has 1 unspecified atom stereocenters. The zero-order valence-corrected chi connectivity index (χ0v) is 11.1. The molecule has 1 aromatic heterocycles. The largest absolute Gasteiger partial charge is 0.480 e. The molecule has 0 radical (unpaired) electrons. The lowest BCUT2D eigenvalue weighted by Gasteiger charge is -2.14. The zero-order chi connectivity index (χ0) is 14.3. The highest BCUT2D eigenvalue weighted by atomic mass is 16.4. The lowest BCUT2D eigenvalue weighted by Crippen LogP contribution is -2.43. The number of carbonyl (C=O) groups is 2. The standard InChI is InChI=1S/C12H20N4O3/c1-8(2)14-4-3-11(17)16-10(12(18)19)5-9-6-13-7-15-9/h6-8,10,14H,3-5H2,1-2H3,(H,13,15)(H,16,17)(H,18,19). The maximum absolute atomic E-state index is 11.6. The molecule has 1 aromatic rings.